The molecule has 0 aromatic rings. The third kappa shape index (κ3) is 2.80. The minimum absolute atomic E-state index is 0.0776. The van der Waals surface area contributed by atoms with Crippen molar-refractivity contribution in [3.63, 3.8) is 0 Å². The molecule has 0 amide bonds. The highest BCUT2D eigenvalue weighted by Gasteiger charge is 2.48. The molecular formula is C21H32O3. The van der Waals surface area contributed by atoms with Crippen LogP contribution >= 0.6 is 0 Å². The van der Waals surface area contributed by atoms with Crippen LogP contribution in [0.3, 0.4) is 0 Å². The van der Waals surface area contributed by atoms with Crippen LogP contribution in [-0.2, 0) is 9.53 Å². The van der Waals surface area contributed by atoms with E-state index in [4.69, 9.17) is 4.74 Å². The summed E-state index contributed by atoms with van der Waals surface area (Å²) < 4.78 is 5.43. The van der Waals surface area contributed by atoms with Gasteiger partial charge in [-0.25, -0.2) is 0 Å². The summed E-state index contributed by atoms with van der Waals surface area (Å²) in [5, 5.41) is 10.7. The average molecular weight is 332 g/mol. The Morgan fingerprint density at radius 3 is 2.71 bits per heavy atom. The summed E-state index contributed by atoms with van der Waals surface area (Å²) in [6.45, 7) is 9.32. The van der Waals surface area contributed by atoms with Gasteiger partial charge in [-0.05, 0) is 54.1 Å². The van der Waals surface area contributed by atoms with Crippen LogP contribution in [0.1, 0.15) is 59.8 Å². The molecule has 0 heterocycles. The predicted molar refractivity (Wildman–Crippen MR) is 95.6 cm³/mol. The summed E-state index contributed by atoms with van der Waals surface area (Å²) in [7, 11) is 1.75. The van der Waals surface area contributed by atoms with Crippen molar-refractivity contribution in [2.45, 2.75) is 65.9 Å². The van der Waals surface area contributed by atoms with Gasteiger partial charge >= 0.3 is 0 Å². The summed E-state index contributed by atoms with van der Waals surface area (Å²) in [5.74, 6) is 1.11. The number of methoxy groups -OCH3 is 1. The second kappa shape index (κ2) is 6.42. The van der Waals surface area contributed by atoms with Gasteiger partial charge in [-0.2, -0.15) is 0 Å². The molecule has 3 heteroatoms. The van der Waals surface area contributed by atoms with Crippen LogP contribution in [0.15, 0.2) is 22.3 Å². The summed E-state index contributed by atoms with van der Waals surface area (Å²) in [5.41, 5.74) is 5.14. The lowest BCUT2D eigenvalue weighted by Crippen LogP contribution is -2.31. The minimum Gasteiger partial charge on any atom is -0.389 e. The Kier molecular flexibility index (Phi) is 4.78. The van der Waals surface area contributed by atoms with Crippen molar-refractivity contribution < 1.29 is 14.6 Å². The van der Waals surface area contributed by atoms with Crippen molar-refractivity contribution in [2.24, 2.45) is 23.2 Å². The van der Waals surface area contributed by atoms with E-state index in [1.807, 2.05) is 0 Å². The highest BCUT2D eigenvalue weighted by molar-refractivity contribution is 5.85. The molecule has 0 saturated heterocycles. The van der Waals surface area contributed by atoms with Gasteiger partial charge in [0.15, 0.2) is 0 Å². The Labute approximate surface area is 146 Å². The summed E-state index contributed by atoms with van der Waals surface area (Å²) in [6, 6.07) is 0. The maximum atomic E-state index is 13.0. The van der Waals surface area contributed by atoms with E-state index < -0.39 is 6.10 Å². The fourth-order valence-corrected chi connectivity index (χ4v) is 5.49. The molecule has 0 radical (unpaired) electrons. The van der Waals surface area contributed by atoms with Crippen molar-refractivity contribution in [3.8, 4) is 0 Å². The third-order valence-corrected chi connectivity index (χ3v) is 6.72. The zero-order valence-corrected chi connectivity index (χ0v) is 15.8. The number of ketones is 1. The van der Waals surface area contributed by atoms with Crippen molar-refractivity contribution >= 4 is 5.78 Å². The smallest absolute Gasteiger partial charge is 0.140 e. The van der Waals surface area contributed by atoms with Crippen LogP contribution in [0.25, 0.3) is 0 Å². The lowest BCUT2D eigenvalue weighted by atomic mass is 9.67. The van der Waals surface area contributed by atoms with Crippen molar-refractivity contribution in [1.82, 2.24) is 0 Å². The molecule has 3 nitrogen and oxygen atoms in total. The molecule has 0 spiro atoms. The topological polar surface area (TPSA) is 46.5 Å². The first-order chi connectivity index (χ1) is 11.3. The maximum Gasteiger partial charge on any atom is 0.140 e. The van der Waals surface area contributed by atoms with Gasteiger partial charge in [0.05, 0.1) is 12.7 Å². The van der Waals surface area contributed by atoms with Crippen LogP contribution in [0, 0.1) is 23.2 Å². The zero-order chi connectivity index (χ0) is 17.6. The lowest BCUT2D eigenvalue weighted by Gasteiger charge is -2.36. The Balaban J connectivity index is 2.09. The fraction of sp³-hybridized carbons (Fsp3) is 0.762. The monoisotopic (exact) mass is 332 g/mol. The van der Waals surface area contributed by atoms with E-state index in [1.54, 1.807) is 7.11 Å². The molecule has 0 aliphatic heterocycles. The number of hydrogen-bond acceptors (Lipinski definition) is 3. The molecule has 0 unspecified atom stereocenters. The molecule has 1 fully saturated rings. The number of allylic oxidation sites excluding steroid dienone is 2. The number of hydrogen-bond donors (Lipinski definition) is 1. The number of aliphatic hydroxyl groups is 1. The summed E-state index contributed by atoms with van der Waals surface area (Å²) in [6.07, 6.45) is 4.02. The van der Waals surface area contributed by atoms with Crippen LogP contribution in [-0.4, -0.2) is 30.7 Å². The van der Waals surface area contributed by atoms with E-state index in [0.717, 1.165) is 31.3 Å². The normalized spacial score (nSPS) is 37.0. The second-order valence-corrected chi connectivity index (χ2v) is 8.68. The van der Waals surface area contributed by atoms with Gasteiger partial charge in [-0.15, -0.1) is 0 Å². The maximum absolute atomic E-state index is 13.0. The van der Waals surface area contributed by atoms with Crippen molar-refractivity contribution in [2.75, 3.05) is 13.7 Å². The van der Waals surface area contributed by atoms with E-state index in [2.05, 4.69) is 27.7 Å². The largest absolute Gasteiger partial charge is 0.389 e. The van der Waals surface area contributed by atoms with Crippen molar-refractivity contribution in [3.05, 3.63) is 22.3 Å². The van der Waals surface area contributed by atoms with Gasteiger partial charge in [-0.1, -0.05) is 38.8 Å². The molecule has 0 bridgehead atoms. The van der Waals surface area contributed by atoms with E-state index in [1.165, 1.54) is 16.7 Å². The molecule has 1 N–H and O–H groups in total. The Morgan fingerprint density at radius 2 is 2.08 bits per heavy atom. The number of aliphatic hydroxyl groups excluding tert-OH is 1. The highest BCUT2D eigenvalue weighted by atomic mass is 16.5. The van der Waals surface area contributed by atoms with E-state index in [0.29, 0.717) is 30.6 Å². The molecule has 3 aliphatic carbocycles. The molecule has 3 aliphatic rings. The third-order valence-electron chi connectivity index (χ3n) is 6.72. The highest BCUT2D eigenvalue weighted by Crippen LogP contribution is 2.55. The average Bonchev–Trinajstić information content (AvgIpc) is 2.97. The van der Waals surface area contributed by atoms with E-state index in [-0.39, 0.29) is 11.3 Å². The molecule has 1 saturated carbocycles. The van der Waals surface area contributed by atoms with Gasteiger partial charge < -0.3 is 9.84 Å². The van der Waals surface area contributed by atoms with Crippen LogP contribution < -0.4 is 0 Å². The van der Waals surface area contributed by atoms with Gasteiger partial charge in [0.25, 0.3) is 0 Å². The second-order valence-electron chi connectivity index (χ2n) is 8.68. The fourth-order valence-electron chi connectivity index (χ4n) is 5.49. The van der Waals surface area contributed by atoms with E-state index in [9.17, 15) is 9.90 Å². The first kappa shape index (κ1) is 17.9. The number of ether oxygens (including phenoxy) is 1. The number of carbonyl (C=O) groups excluding carboxylic acids is 1. The standard InChI is InChI=1S/C21H32O3/c1-12(2)20-17-8-18(22)13(3)15-7-6-14(11-24-5)16(15)9-21(17,4)10-19(20)23/h12-13,15,19,23H,6-11H2,1-5H3/t13-,15+,19+,21+/m1/s1. The number of carbonyl (C=O) groups is 1. The Hall–Kier alpha value is -0.930. The number of Topliss-reactive ketones (excluding diaryl/α,β-unsaturated/α-hetero) is 1. The molecule has 24 heavy (non-hydrogen) atoms. The molecule has 134 valence electrons. The molecule has 4 atom stereocenters. The first-order valence-corrected chi connectivity index (χ1v) is 9.42. The molecule has 0 aromatic heterocycles. The van der Waals surface area contributed by atoms with Crippen LogP contribution in [0.2, 0.25) is 0 Å². The molecule has 0 aromatic carbocycles. The predicted octanol–water partition coefficient (Wildman–Crippen LogP) is 4.06. The quantitative estimate of drug-likeness (QED) is 0.793. The van der Waals surface area contributed by atoms with Gasteiger partial charge in [0.1, 0.15) is 5.78 Å². The summed E-state index contributed by atoms with van der Waals surface area (Å²) in [4.78, 5) is 13.0. The number of rotatable bonds is 3. The van der Waals surface area contributed by atoms with Gasteiger partial charge in [-0.3, -0.25) is 4.79 Å². The first-order valence-electron chi connectivity index (χ1n) is 9.42. The zero-order valence-electron chi connectivity index (χ0n) is 15.8. The van der Waals surface area contributed by atoms with Crippen LogP contribution in [0.4, 0.5) is 0 Å². The summed E-state index contributed by atoms with van der Waals surface area (Å²) >= 11 is 0. The van der Waals surface area contributed by atoms with Gasteiger partial charge in [0, 0.05) is 19.4 Å². The minimum atomic E-state index is -0.391. The Morgan fingerprint density at radius 1 is 1.38 bits per heavy atom. The van der Waals surface area contributed by atoms with E-state index >= 15 is 0 Å². The lowest BCUT2D eigenvalue weighted by molar-refractivity contribution is -0.123. The van der Waals surface area contributed by atoms with Crippen LogP contribution in [0.5, 0.6) is 0 Å². The Bertz CT molecular complexity index is 598. The molecule has 3 rings (SSSR count). The van der Waals surface area contributed by atoms with Gasteiger partial charge in [0.2, 0.25) is 0 Å². The number of fused-ring (bicyclic) bond motifs is 2. The van der Waals surface area contributed by atoms with Crippen molar-refractivity contribution in [1.29, 1.82) is 0 Å². The molecular weight excluding hydrogens is 300 g/mol. The SMILES string of the molecule is COCC1=C2C[C@@]3(C)C[C@H](O)C(C(C)C)=C3CC(=O)[C@H](C)[C@@H]2CC1.